The second-order valence-corrected chi connectivity index (χ2v) is 20.4. The molecule has 2 atom stereocenters. The number of thiol groups is 1. The van der Waals surface area contributed by atoms with E-state index in [1.54, 1.807) is 70.0 Å². The second-order valence-electron chi connectivity index (χ2n) is 17.0. The number of carbonyl (C=O) groups is 3. The summed E-state index contributed by atoms with van der Waals surface area (Å²) in [5, 5.41) is 3.22. The van der Waals surface area contributed by atoms with Crippen LogP contribution in [0.4, 0.5) is 0 Å². The van der Waals surface area contributed by atoms with Crippen LogP contribution in [0.25, 0.3) is 16.9 Å². The van der Waals surface area contributed by atoms with Crippen molar-refractivity contribution in [1.29, 1.82) is 0 Å². The molecular weight excluding hydrogens is 1140 g/mol. The molecule has 2 unspecified atom stereocenters. The van der Waals surface area contributed by atoms with Crippen molar-refractivity contribution in [3.63, 3.8) is 0 Å². The first-order valence-electron chi connectivity index (χ1n) is 24.9. The lowest BCUT2D eigenvalue weighted by atomic mass is 10.2. The molecule has 9 aromatic heterocycles. The van der Waals surface area contributed by atoms with Gasteiger partial charge >= 0.3 is 0 Å². The Labute approximate surface area is 493 Å². The van der Waals surface area contributed by atoms with Gasteiger partial charge in [0.2, 0.25) is 28.8 Å². The Morgan fingerprint density at radius 2 is 1.11 bits per heavy atom. The molecule has 0 radical (unpaired) electrons. The number of hydrogen-bond donors (Lipinski definition) is 3. The number of aldehydes is 1. The maximum absolute atomic E-state index is 12.0. The molecule has 3 N–H and O–H groups in total. The summed E-state index contributed by atoms with van der Waals surface area (Å²) in [6.07, 6.45) is 22.4. The van der Waals surface area contributed by atoms with E-state index in [1.807, 2.05) is 116 Å². The van der Waals surface area contributed by atoms with Crippen molar-refractivity contribution in [3.05, 3.63) is 162 Å². The fraction of sp³-hybridized carbons (Fsp3) is 0.291. The number of halogens is 2. The minimum absolute atomic E-state index is 0. The number of pyridine rings is 6. The summed E-state index contributed by atoms with van der Waals surface area (Å²) >= 11 is 12.0. The first kappa shape index (κ1) is 62.9. The zero-order valence-corrected chi connectivity index (χ0v) is 49.1. The highest BCUT2D eigenvalue weighted by Crippen LogP contribution is 2.43. The van der Waals surface area contributed by atoms with Crippen LogP contribution >= 0.6 is 60.2 Å². The lowest BCUT2D eigenvalue weighted by Gasteiger charge is -2.24. The zero-order valence-electron chi connectivity index (χ0n) is 45.0. The molecule has 0 aromatic carbocycles. The Bertz CT molecular complexity index is 3450. The molecular formula is C55H62Cl2N12O9S3. The van der Waals surface area contributed by atoms with Gasteiger partial charge in [0, 0.05) is 153 Å². The molecule has 9 aromatic rings. The summed E-state index contributed by atoms with van der Waals surface area (Å²) in [5.74, 6) is 6.13. The summed E-state index contributed by atoms with van der Waals surface area (Å²) in [6.45, 7) is 6.40. The van der Waals surface area contributed by atoms with E-state index < -0.39 is 0 Å². The van der Waals surface area contributed by atoms with Crippen LogP contribution in [-0.2, 0) is 29.4 Å². The predicted molar refractivity (Wildman–Crippen MR) is 319 cm³/mol. The fourth-order valence-electron chi connectivity index (χ4n) is 8.01. The van der Waals surface area contributed by atoms with Crippen LogP contribution in [-0.4, -0.2) is 124 Å². The highest BCUT2D eigenvalue weighted by atomic mass is 35.5. The van der Waals surface area contributed by atoms with Gasteiger partial charge in [-0.05, 0) is 29.8 Å². The van der Waals surface area contributed by atoms with Crippen molar-refractivity contribution in [2.24, 2.45) is 5.73 Å². The van der Waals surface area contributed by atoms with Gasteiger partial charge in [-0.15, -0.1) is 35.9 Å². The molecule has 2 fully saturated rings. The van der Waals surface area contributed by atoms with E-state index in [4.69, 9.17) is 34.2 Å². The molecule has 2 saturated heterocycles. The molecule has 2 aliphatic rings. The molecule has 26 heteroatoms. The first-order chi connectivity index (χ1) is 39.0. The summed E-state index contributed by atoms with van der Waals surface area (Å²) in [5.41, 5.74) is 12.9. The highest BCUT2D eigenvalue weighted by Gasteiger charge is 2.32. The van der Waals surface area contributed by atoms with Gasteiger partial charge in [-0.1, -0.05) is 18.2 Å². The van der Waals surface area contributed by atoms with Gasteiger partial charge in [-0.25, -0.2) is 29.9 Å². The number of aromatic nitrogens is 9. The van der Waals surface area contributed by atoms with Crippen LogP contribution < -0.4 is 39.5 Å². The number of ether oxygens (including phenoxy) is 6. The summed E-state index contributed by atoms with van der Waals surface area (Å²) < 4.78 is 39.3. The topological polar surface area (TPSA) is 238 Å². The van der Waals surface area contributed by atoms with Crippen LogP contribution in [0.15, 0.2) is 129 Å². The van der Waals surface area contributed by atoms with E-state index in [9.17, 15) is 14.4 Å². The Kier molecular flexibility index (Phi) is 25.0. The van der Waals surface area contributed by atoms with E-state index in [0.29, 0.717) is 61.1 Å². The smallest absolute Gasteiger partial charge is 0.220 e. The van der Waals surface area contributed by atoms with Crippen molar-refractivity contribution in [3.8, 4) is 34.9 Å². The number of nitrogens with two attached hydrogens (primary N) is 1. The maximum atomic E-state index is 12.0. The van der Waals surface area contributed by atoms with Gasteiger partial charge in [0.1, 0.15) is 59.4 Å². The molecule has 0 spiro atoms. The SMILES string of the molecule is CC(=O)Cl.COc1cc(C2NCCS2)c(OCc2cccn3ccnc23)cn1.COc1cc(C2SCCN2C(C)=O)c(OCc2cccn3ccnc23)cn1.COc1cc(C=O)c(OCc2cccn3ccnc23)cn1.Cl.NCCS. The molecule has 0 bridgehead atoms. The van der Waals surface area contributed by atoms with Gasteiger partial charge in [0.05, 0.1) is 50.9 Å². The highest BCUT2D eigenvalue weighted by molar-refractivity contribution is 8.00. The third-order valence-corrected chi connectivity index (χ3v) is 14.4. The van der Waals surface area contributed by atoms with E-state index in [1.165, 1.54) is 20.2 Å². The summed E-state index contributed by atoms with van der Waals surface area (Å²) in [4.78, 5) is 59.8. The lowest BCUT2D eigenvalue weighted by molar-refractivity contribution is -0.129. The first-order valence-corrected chi connectivity index (χ1v) is 28.0. The number of carbonyl (C=O) groups excluding carboxylic acids is 3. The number of fused-ring (bicyclic) bond motifs is 3. The van der Waals surface area contributed by atoms with Crippen LogP contribution in [0.2, 0.25) is 0 Å². The van der Waals surface area contributed by atoms with E-state index in [0.717, 1.165) is 87.1 Å². The number of rotatable bonds is 16. The molecule has 11 heterocycles. The number of nitrogens with zero attached hydrogens (tertiary/aromatic N) is 10. The van der Waals surface area contributed by atoms with Gasteiger partial charge in [0.15, 0.2) is 6.29 Å². The van der Waals surface area contributed by atoms with Crippen LogP contribution in [0.3, 0.4) is 0 Å². The number of thioether (sulfide) groups is 2. The van der Waals surface area contributed by atoms with Crippen LogP contribution in [0, 0.1) is 0 Å². The number of amides is 1. The van der Waals surface area contributed by atoms with Gasteiger partial charge < -0.3 is 57.6 Å². The minimum atomic E-state index is -0.361. The van der Waals surface area contributed by atoms with E-state index in [-0.39, 0.29) is 34.3 Å². The zero-order chi connectivity index (χ0) is 56.8. The van der Waals surface area contributed by atoms with E-state index in [2.05, 4.69) is 59.5 Å². The molecule has 1 amide bonds. The standard InChI is InChI=1S/C19H20N4O3S.C17H18N4O2S.C15H13N3O3.C2H3ClO.C2H7NS.ClH/c1-13(24)23-8-9-27-19(23)15-10-17(25-2)21-11-16(15)26-12-14-4-3-6-22-7-5-20-18(14)22;1-22-15-9-13(17-19-5-8-24-17)14(10-20-15)23-11-12-3-2-6-21-7-4-18-16(12)21;1-20-14-7-12(9-19)13(8-17-14)21-10-11-3-2-5-18-6-4-16-15(11)18;1-2(3)4;3-1-2-4;/h3-7,10-11,19H,8-9,12H2,1-2H3;2-4,6-7,9-10,17,19H,5,8,11H2,1H3;2-9H,10H2,1H3;1H3;4H,1-3H2;1H. The largest absolute Gasteiger partial charge is 0.487 e. The van der Waals surface area contributed by atoms with Crippen molar-refractivity contribution < 1.29 is 42.8 Å². The summed E-state index contributed by atoms with van der Waals surface area (Å²) in [7, 11) is 4.70. The lowest BCUT2D eigenvalue weighted by Crippen LogP contribution is -2.28. The number of methoxy groups -OCH3 is 3. The normalized spacial score (nSPS) is 14.1. The molecule has 428 valence electrons. The second kappa shape index (κ2) is 32.2. The van der Waals surface area contributed by atoms with Crippen molar-refractivity contribution in [1.82, 2.24) is 53.3 Å². The molecule has 0 aliphatic carbocycles. The Morgan fingerprint density at radius 3 is 1.53 bits per heavy atom. The quantitative estimate of drug-likeness (QED) is 0.0465. The fourth-order valence-corrected chi connectivity index (χ4v) is 10.4. The molecule has 2 aliphatic heterocycles. The van der Waals surface area contributed by atoms with Gasteiger partial charge in [-0.3, -0.25) is 14.4 Å². The molecule has 11 rings (SSSR count). The third-order valence-electron chi connectivity index (χ3n) is 11.7. The molecule has 21 nitrogen and oxygen atoms in total. The van der Waals surface area contributed by atoms with Gasteiger partial charge in [0.25, 0.3) is 0 Å². The molecule has 0 saturated carbocycles. The van der Waals surface area contributed by atoms with E-state index >= 15 is 0 Å². The predicted octanol–water partition coefficient (Wildman–Crippen LogP) is 8.76. The number of nitrogens with one attached hydrogen (secondary N) is 1. The number of hydrogen-bond acceptors (Lipinski definition) is 20. The third kappa shape index (κ3) is 17.3. The number of imidazole rings is 3. The van der Waals surface area contributed by atoms with Gasteiger partial charge in [-0.2, -0.15) is 12.6 Å². The Hall–Kier alpha value is -7.32. The minimum Gasteiger partial charge on any atom is -0.487 e. The Balaban J connectivity index is 0.000000183. The average molecular weight is 1200 g/mol. The maximum Gasteiger partial charge on any atom is 0.220 e. The van der Waals surface area contributed by atoms with Crippen LogP contribution in [0.1, 0.15) is 62.8 Å². The van der Waals surface area contributed by atoms with Crippen molar-refractivity contribution >= 4 is 94.5 Å². The van der Waals surface area contributed by atoms with Crippen molar-refractivity contribution in [2.45, 2.75) is 44.4 Å². The monoisotopic (exact) mass is 1200 g/mol. The Morgan fingerprint density at radius 1 is 0.679 bits per heavy atom. The van der Waals surface area contributed by atoms with Crippen molar-refractivity contribution in [2.75, 3.05) is 58.2 Å². The average Bonchev–Trinajstić information content (AvgIpc) is 4.43. The molecule has 81 heavy (non-hydrogen) atoms. The van der Waals surface area contributed by atoms with Crippen LogP contribution in [0.5, 0.6) is 34.9 Å². The summed E-state index contributed by atoms with van der Waals surface area (Å²) in [6, 6.07) is 17.2.